The topological polar surface area (TPSA) is 49.4 Å². The van der Waals surface area contributed by atoms with Crippen LogP contribution < -0.4 is 5.32 Å². The van der Waals surface area contributed by atoms with Gasteiger partial charge in [-0.05, 0) is 24.8 Å². The van der Waals surface area contributed by atoms with E-state index < -0.39 is 0 Å². The van der Waals surface area contributed by atoms with Crippen molar-refractivity contribution in [1.82, 2.24) is 10.2 Å². The van der Waals surface area contributed by atoms with E-state index in [2.05, 4.69) is 17.5 Å². The largest absolute Gasteiger partial charge is 0.351 e. The van der Waals surface area contributed by atoms with E-state index in [-0.39, 0.29) is 23.8 Å². The summed E-state index contributed by atoms with van der Waals surface area (Å²) in [6.45, 7) is 1.24. The van der Waals surface area contributed by atoms with Crippen molar-refractivity contribution in [3.8, 4) is 0 Å². The molecule has 22 heavy (non-hydrogen) atoms. The molecule has 1 aliphatic heterocycles. The molecule has 2 aliphatic rings. The second-order valence-corrected chi connectivity index (χ2v) is 6.15. The van der Waals surface area contributed by atoms with Crippen LogP contribution in [-0.4, -0.2) is 29.3 Å². The summed E-state index contributed by atoms with van der Waals surface area (Å²) in [5.41, 5.74) is 1.13. The van der Waals surface area contributed by atoms with Crippen LogP contribution >= 0.6 is 0 Å². The first-order valence-electron chi connectivity index (χ1n) is 7.99. The lowest BCUT2D eigenvalue weighted by Gasteiger charge is -2.21. The Balaban J connectivity index is 1.53. The number of nitrogens with one attached hydrogen (secondary N) is 1. The first kappa shape index (κ1) is 14.8. The molecule has 1 aromatic carbocycles. The number of nitrogens with zero attached hydrogens (tertiary/aromatic N) is 1. The van der Waals surface area contributed by atoms with Crippen LogP contribution in [0, 0.1) is 5.92 Å². The number of allylic oxidation sites excluding steroid dienone is 2. The van der Waals surface area contributed by atoms with E-state index in [9.17, 15) is 9.59 Å². The van der Waals surface area contributed by atoms with E-state index in [4.69, 9.17) is 0 Å². The van der Waals surface area contributed by atoms with Crippen LogP contribution in [0.25, 0.3) is 0 Å². The predicted octanol–water partition coefficient (Wildman–Crippen LogP) is 2.26. The van der Waals surface area contributed by atoms with E-state index in [1.165, 1.54) is 0 Å². The summed E-state index contributed by atoms with van der Waals surface area (Å²) in [5.74, 6) is 0.296. The third kappa shape index (κ3) is 3.56. The highest BCUT2D eigenvalue weighted by atomic mass is 16.2. The van der Waals surface area contributed by atoms with Crippen LogP contribution in [0.5, 0.6) is 0 Å². The number of benzene rings is 1. The van der Waals surface area contributed by atoms with Gasteiger partial charge in [-0.15, -0.1) is 0 Å². The molecular weight excluding hydrogens is 276 g/mol. The van der Waals surface area contributed by atoms with Gasteiger partial charge in [0.15, 0.2) is 0 Å². The molecule has 1 N–H and O–H groups in total. The van der Waals surface area contributed by atoms with Crippen LogP contribution in [0.2, 0.25) is 0 Å². The number of carbonyl (C=O) groups excluding carboxylic acids is 2. The molecule has 0 spiro atoms. The Morgan fingerprint density at radius 1 is 1.23 bits per heavy atom. The number of likely N-dealkylation sites (tertiary alicyclic amines) is 1. The lowest BCUT2D eigenvalue weighted by molar-refractivity contribution is -0.128. The summed E-state index contributed by atoms with van der Waals surface area (Å²) < 4.78 is 0. The molecule has 0 bridgehead atoms. The second-order valence-electron chi connectivity index (χ2n) is 6.15. The molecule has 3 rings (SSSR count). The lowest BCUT2D eigenvalue weighted by atomic mass is 9.93. The zero-order valence-electron chi connectivity index (χ0n) is 12.7. The van der Waals surface area contributed by atoms with Gasteiger partial charge < -0.3 is 10.2 Å². The van der Waals surface area contributed by atoms with Gasteiger partial charge in [-0.1, -0.05) is 42.5 Å². The molecule has 1 aromatic rings. The Morgan fingerprint density at radius 3 is 2.77 bits per heavy atom. The number of amides is 2. The molecule has 1 heterocycles. The Bertz CT molecular complexity index is 568. The zero-order chi connectivity index (χ0) is 15.4. The minimum atomic E-state index is -0.0466. The highest BCUT2D eigenvalue weighted by molar-refractivity contribution is 5.83. The zero-order valence-corrected chi connectivity index (χ0v) is 12.7. The van der Waals surface area contributed by atoms with Gasteiger partial charge in [0.05, 0.1) is 6.04 Å². The van der Waals surface area contributed by atoms with Crippen LogP contribution in [-0.2, 0) is 16.1 Å². The highest BCUT2D eigenvalue weighted by Crippen LogP contribution is 2.20. The van der Waals surface area contributed by atoms with E-state index in [1.54, 1.807) is 0 Å². The van der Waals surface area contributed by atoms with Gasteiger partial charge in [0, 0.05) is 25.4 Å². The van der Waals surface area contributed by atoms with Gasteiger partial charge in [-0.3, -0.25) is 9.59 Å². The Labute approximate surface area is 131 Å². The number of carbonyl (C=O) groups is 2. The predicted molar refractivity (Wildman–Crippen MR) is 84.9 cm³/mol. The van der Waals surface area contributed by atoms with Crippen LogP contribution in [0.4, 0.5) is 0 Å². The molecule has 4 nitrogen and oxygen atoms in total. The van der Waals surface area contributed by atoms with Gasteiger partial charge >= 0.3 is 0 Å². The Morgan fingerprint density at radius 2 is 2.05 bits per heavy atom. The first-order valence-corrected chi connectivity index (χ1v) is 7.99. The summed E-state index contributed by atoms with van der Waals surface area (Å²) >= 11 is 0. The molecule has 1 aliphatic carbocycles. The third-order valence-electron chi connectivity index (χ3n) is 4.42. The monoisotopic (exact) mass is 298 g/mol. The molecule has 1 saturated heterocycles. The standard InChI is InChI=1S/C18H22N2O2/c21-17-11-16(19-18(22)15-9-5-2-6-10-15)13-20(17)12-14-7-3-1-4-8-14/h1-5,7-8,15-16H,6,9-13H2,(H,19,22)/t15-,16+/m1/s1. The fourth-order valence-corrected chi connectivity index (χ4v) is 3.18. The quantitative estimate of drug-likeness (QED) is 0.867. The SMILES string of the molecule is O=C(N[C@H]1CC(=O)N(Cc2ccccc2)C1)[C@@H]1CC=CCC1. The number of rotatable bonds is 4. The lowest BCUT2D eigenvalue weighted by Crippen LogP contribution is -2.40. The molecule has 2 atom stereocenters. The van der Waals surface area contributed by atoms with Crippen molar-refractivity contribution in [3.63, 3.8) is 0 Å². The summed E-state index contributed by atoms with van der Waals surface area (Å²) in [5, 5.41) is 3.06. The molecule has 116 valence electrons. The summed E-state index contributed by atoms with van der Waals surface area (Å²) in [7, 11) is 0. The second kappa shape index (κ2) is 6.77. The van der Waals surface area contributed by atoms with Gasteiger partial charge in [-0.25, -0.2) is 0 Å². The normalized spacial score (nSPS) is 24.5. The average molecular weight is 298 g/mol. The van der Waals surface area contributed by atoms with Crippen LogP contribution in [0.1, 0.15) is 31.2 Å². The van der Waals surface area contributed by atoms with E-state index in [0.717, 1.165) is 24.8 Å². The Hall–Kier alpha value is -2.10. The molecule has 0 saturated carbocycles. The van der Waals surface area contributed by atoms with Crippen molar-refractivity contribution in [2.75, 3.05) is 6.54 Å². The highest BCUT2D eigenvalue weighted by Gasteiger charge is 2.31. The van der Waals surface area contributed by atoms with Crippen molar-refractivity contribution in [3.05, 3.63) is 48.0 Å². The minimum Gasteiger partial charge on any atom is -0.351 e. The minimum absolute atomic E-state index is 0.0466. The van der Waals surface area contributed by atoms with Gasteiger partial charge in [0.25, 0.3) is 0 Å². The average Bonchev–Trinajstić information content (AvgIpc) is 2.88. The fourth-order valence-electron chi connectivity index (χ4n) is 3.18. The van der Waals surface area contributed by atoms with Crippen LogP contribution in [0.15, 0.2) is 42.5 Å². The molecule has 0 radical (unpaired) electrons. The third-order valence-corrected chi connectivity index (χ3v) is 4.42. The summed E-state index contributed by atoms with van der Waals surface area (Å²) in [4.78, 5) is 26.2. The van der Waals surface area contributed by atoms with E-state index in [1.807, 2.05) is 35.2 Å². The van der Waals surface area contributed by atoms with Crippen molar-refractivity contribution in [1.29, 1.82) is 0 Å². The molecule has 4 heteroatoms. The van der Waals surface area contributed by atoms with Gasteiger partial charge in [0.2, 0.25) is 11.8 Å². The van der Waals surface area contributed by atoms with Gasteiger partial charge in [0.1, 0.15) is 0 Å². The maximum Gasteiger partial charge on any atom is 0.225 e. The molecule has 1 fully saturated rings. The van der Waals surface area contributed by atoms with E-state index in [0.29, 0.717) is 19.5 Å². The number of hydrogen-bond acceptors (Lipinski definition) is 2. The van der Waals surface area contributed by atoms with Crippen molar-refractivity contribution >= 4 is 11.8 Å². The first-order chi connectivity index (χ1) is 10.7. The number of hydrogen-bond donors (Lipinski definition) is 1. The maximum absolute atomic E-state index is 12.3. The fraction of sp³-hybridized carbons (Fsp3) is 0.444. The van der Waals surface area contributed by atoms with Crippen molar-refractivity contribution in [2.45, 2.75) is 38.3 Å². The van der Waals surface area contributed by atoms with Gasteiger partial charge in [-0.2, -0.15) is 0 Å². The van der Waals surface area contributed by atoms with E-state index >= 15 is 0 Å². The Kier molecular flexibility index (Phi) is 4.56. The van der Waals surface area contributed by atoms with Crippen LogP contribution in [0.3, 0.4) is 0 Å². The molecule has 0 aromatic heterocycles. The van der Waals surface area contributed by atoms with Crippen molar-refractivity contribution in [2.24, 2.45) is 5.92 Å². The molecule has 0 unspecified atom stereocenters. The summed E-state index contributed by atoms with van der Waals surface area (Å²) in [6, 6.07) is 9.92. The maximum atomic E-state index is 12.3. The molecular formula is C18H22N2O2. The molecule has 2 amide bonds. The van der Waals surface area contributed by atoms with Crippen molar-refractivity contribution < 1.29 is 9.59 Å². The summed E-state index contributed by atoms with van der Waals surface area (Å²) in [6.07, 6.45) is 7.33. The smallest absolute Gasteiger partial charge is 0.225 e.